The van der Waals surface area contributed by atoms with Crippen LogP contribution in [0.15, 0.2) is 48.5 Å². The third kappa shape index (κ3) is 2.82. The van der Waals surface area contributed by atoms with Crippen LogP contribution in [0.1, 0.15) is 16.1 Å². The maximum atomic E-state index is 12.7. The van der Waals surface area contributed by atoms with Gasteiger partial charge in [-0.1, -0.05) is 24.3 Å². The fourth-order valence-corrected chi connectivity index (χ4v) is 3.26. The van der Waals surface area contributed by atoms with Gasteiger partial charge >= 0.3 is 0 Å². The Morgan fingerprint density at radius 1 is 1.20 bits per heavy atom. The first kappa shape index (κ1) is 15.6. The van der Waals surface area contributed by atoms with Gasteiger partial charge in [0.25, 0.3) is 5.91 Å². The number of carbonyl (C=O) groups is 1. The average molecular weight is 335 g/mol. The summed E-state index contributed by atoms with van der Waals surface area (Å²) >= 11 is 0. The van der Waals surface area contributed by atoms with Crippen LogP contribution in [0.4, 0.5) is 5.69 Å². The molecule has 1 aromatic heterocycles. The van der Waals surface area contributed by atoms with Crippen molar-refractivity contribution in [2.45, 2.75) is 13.1 Å². The quantitative estimate of drug-likeness (QED) is 0.797. The summed E-state index contributed by atoms with van der Waals surface area (Å²) in [6.45, 7) is 1.80. The molecule has 0 atom stereocenters. The number of hydrogen-bond donors (Lipinski definition) is 1. The third-order valence-corrected chi connectivity index (χ3v) is 4.59. The summed E-state index contributed by atoms with van der Waals surface area (Å²) in [5.74, 6) is 0.794. The number of amides is 1. The predicted molar refractivity (Wildman–Crippen MR) is 99.4 cm³/mol. The number of hydrogen-bond acceptors (Lipinski definition) is 3. The molecular weight excluding hydrogens is 314 g/mol. The van der Waals surface area contributed by atoms with E-state index in [1.165, 1.54) is 0 Å². The lowest BCUT2D eigenvalue weighted by Gasteiger charge is -2.18. The summed E-state index contributed by atoms with van der Waals surface area (Å²) in [4.78, 5) is 14.8. The molecule has 128 valence electrons. The molecule has 0 fully saturated rings. The summed E-state index contributed by atoms with van der Waals surface area (Å²) in [5, 5.41) is 4.07. The molecule has 0 bridgehead atoms. The highest BCUT2D eigenvalue weighted by Gasteiger charge is 2.20. The van der Waals surface area contributed by atoms with Crippen LogP contribution < -0.4 is 15.0 Å². The number of rotatable bonds is 4. The van der Waals surface area contributed by atoms with Crippen LogP contribution in [0.2, 0.25) is 0 Å². The number of aromatic nitrogens is 1. The summed E-state index contributed by atoms with van der Waals surface area (Å²) in [6, 6.07) is 16.1. The minimum atomic E-state index is -0.0549. The molecule has 5 heteroatoms. The van der Waals surface area contributed by atoms with Crippen molar-refractivity contribution in [2.75, 3.05) is 25.6 Å². The van der Waals surface area contributed by atoms with Crippen LogP contribution in [0.25, 0.3) is 10.9 Å². The maximum absolute atomic E-state index is 12.7. The second kappa shape index (κ2) is 6.16. The molecule has 2 aromatic carbocycles. The van der Waals surface area contributed by atoms with Crippen molar-refractivity contribution in [2.24, 2.45) is 0 Å². The number of nitrogens with one attached hydrogen (secondary N) is 1. The van der Waals surface area contributed by atoms with E-state index in [4.69, 9.17) is 4.74 Å². The van der Waals surface area contributed by atoms with Gasteiger partial charge in [-0.3, -0.25) is 4.79 Å². The molecule has 0 saturated heterocycles. The highest BCUT2D eigenvalue weighted by Crippen LogP contribution is 2.31. The molecule has 0 radical (unpaired) electrons. The fraction of sp³-hybridized carbons (Fsp3) is 0.250. The van der Waals surface area contributed by atoms with E-state index >= 15 is 0 Å². The van der Waals surface area contributed by atoms with E-state index in [2.05, 4.69) is 26.9 Å². The molecule has 0 aliphatic carbocycles. The van der Waals surface area contributed by atoms with Gasteiger partial charge in [0, 0.05) is 31.7 Å². The zero-order valence-corrected chi connectivity index (χ0v) is 14.5. The van der Waals surface area contributed by atoms with Crippen molar-refractivity contribution in [3.63, 3.8) is 0 Å². The Labute approximate surface area is 146 Å². The highest BCUT2D eigenvalue weighted by atomic mass is 16.5. The van der Waals surface area contributed by atoms with Gasteiger partial charge in [0.05, 0.1) is 12.1 Å². The van der Waals surface area contributed by atoms with Crippen molar-refractivity contribution in [3.05, 3.63) is 59.8 Å². The van der Waals surface area contributed by atoms with Crippen molar-refractivity contribution in [3.8, 4) is 5.75 Å². The van der Waals surface area contributed by atoms with Gasteiger partial charge in [0.15, 0.2) is 0 Å². The normalized spacial score (nSPS) is 12.7. The lowest BCUT2D eigenvalue weighted by molar-refractivity contribution is 0.0940. The zero-order chi connectivity index (χ0) is 17.4. The SMILES string of the molecule is CN(C)c1ccc(CNC(=O)c2cc3cccc4c3n2CCO4)cc1. The lowest BCUT2D eigenvalue weighted by Crippen LogP contribution is -2.27. The van der Waals surface area contributed by atoms with E-state index in [1.54, 1.807) is 0 Å². The molecule has 2 heterocycles. The number of benzene rings is 2. The molecule has 1 N–H and O–H groups in total. The first-order valence-corrected chi connectivity index (χ1v) is 8.43. The van der Waals surface area contributed by atoms with E-state index in [9.17, 15) is 4.79 Å². The second-order valence-electron chi connectivity index (χ2n) is 6.47. The predicted octanol–water partition coefficient (Wildman–Crippen LogP) is 3.03. The van der Waals surface area contributed by atoms with Crippen molar-refractivity contribution < 1.29 is 9.53 Å². The molecule has 1 aliphatic heterocycles. The fourth-order valence-electron chi connectivity index (χ4n) is 3.26. The first-order chi connectivity index (χ1) is 12.1. The van der Waals surface area contributed by atoms with Gasteiger partial charge in [0.1, 0.15) is 18.1 Å². The van der Waals surface area contributed by atoms with Gasteiger partial charge in [-0.05, 0) is 29.8 Å². The molecule has 5 nitrogen and oxygen atoms in total. The van der Waals surface area contributed by atoms with Gasteiger partial charge in [-0.15, -0.1) is 0 Å². The molecule has 0 spiro atoms. The van der Waals surface area contributed by atoms with Crippen LogP contribution in [0, 0.1) is 0 Å². The minimum absolute atomic E-state index is 0.0549. The Bertz CT molecular complexity index is 926. The van der Waals surface area contributed by atoms with Crippen molar-refractivity contribution in [1.29, 1.82) is 0 Å². The molecule has 0 saturated carbocycles. The lowest BCUT2D eigenvalue weighted by atomic mass is 10.2. The monoisotopic (exact) mass is 335 g/mol. The molecule has 3 aromatic rings. The summed E-state index contributed by atoms with van der Waals surface area (Å²) in [7, 11) is 4.02. The molecular formula is C20H21N3O2. The Hall–Kier alpha value is -2.95. The number of ether oxygens (including phenoxy) is 1. The smallest absolute Gasteiger partial charge is 0.268 e. The van der Waals surface area contributed by atoms with Crippen LogP contribution in [-0.2, 0) is 13.1 Å². The van der Waals surface area contributed by atoms with Crippen LogP contribution in [0.5, 0.6) is 5.75 Å². The Morgan fingerprint density at radius 3 is 2.76 bits per heavy atom. The van der Waals surface area contributed by atoms with Gasteiger partial charge in [0.2, 0.25) is 0 Å². The van der Waals surface area contributed by atoms with E-state index < -0.39 is 0 Å². The van der Waals surface area contributed by atoms with E-state index in [0.29, 0.717) is 25.4 Å². The number of anilines is 1. The van der Waals surface area contributed by atoms with Crippen LogP contribution >= 0.6 is 0 Å². The van der Waals surface area contributed by atoms with Crippen LogP contribution in [-0.4, -0.2) is 31.2 Å². The molecule has 1 amide bonds. The van der Waals surface area contributed by atoms with Crippen LogP contribution in [0.3, 0.4) is 0 Å². The highest BCUT2D eigenvalue weighted by molar-refractivity contribution is 6.00. The standard InChI is InChI=1S/C20H21N3O2/c1-22(2)16-8-6-14(7-9-16)13-21-20(24)17-12-15-4-3-5-18-19(15)23(17)10-11-25-18/h3-9,12H,10-11,13H2,1-2H3,(H,21,24). The maximum Gasteiger partial charge on any atom is 0.268 e. The second-order valence-corrected chi connectivity index (χ2v) is 6.47. The van der Waals surface area contributed by atoms with Crippen molar-refractivity contribution in [1.82, 2.24) is 9.88 Å². The minimum Gasteiger partial charge on any atom is -0.490 e. The zero-order valence-electron chi connectivity index (χ0n) is 14.5. The third-order valence-electron chi connectivity index (χ3n) is 4.59. The summed E-state index contributed by atoms with van der Waals surface area (Å²) in [6.07, 6.45) is 0. The van der Waals surface area contributed by atoms with E-state index in [-0.39, 0.29) is 5.91 Å². The summed E-state index contributed by atoms with van der Waals surface area (Å²) in [5.41, 5.74) is 3.92. The van der Waals surface area contributed by atoms with Gasteiger partial charge < -0.3 is 19.5 Å². The number of para-hydroxylation sites is 1. The Balaban J connectivity index is 1.54. The number of nitrogens with zero attached hydrogens (tertiary/aromatic N) is 2. The largest absolute Gasteiger partial charge is 0.490 e. The van der Waals surface area contributed by atoms with E-state index in [0.717, 1.165) is 27.9 Å². The molecule has 1 aliphatic rings. The average Bonchev–Trinajstić information content (AvgIpc) is 3.01. The number of carbonyl (C=O) groups excluding carboxylic acids is 1. The van der Waals surface area contributed by atoms with Crippen molar-refractivity contribution >= 4 is 22.5 Å². The molecule has 0 unspecified atom stereocenters. The van der Waals surface area contributed by atoms with Gasteiger partial charge in [-0.2, -0.15) is 0 Å². The van der Waals surface area contributed by atoms with E-state index in [1.807, 2.05) is 50.5 Å². The Kier molecular flexibility index (Phi) is 3.84. The first-order valence-electron chi connectivity index (χ1n) is 8.43. The molecule has 4 rings (SSSR count). The molecule has 25 heavy (non-hydrogen) atoms. The summed E-state index contributed by atoms with van der Waals surface area (Å²) < 4.78 is 7.75. The Morgan fingerprint density at radius 2 is 2.00 bits per heavy atom. The topological polar surface area (TPSA) is 46.5 Å². The van der Waals surface area contributed by atoms with Gasteiger partial charge in [-0.25, -0.2) is 0 Å².